The summed E-state index contributed by atoms with van der Waals surface area (Å²) < 4.78 is 10.00. The standard InChI is InChI=1S/C18H22N4O3/c1-24-17-15(18(23)25-2)3-4-16(20-17)22-11-9-21(10-12-22)13-14-5-7-19-8-6-14/h3-8H,9-13H2,1-2H3. The summed E-state index contributed by atoms with van der Waals surface area (Å²) in [5.41, 5.74) is 1.61. The van der Waals surface area contributed by atoms with E-state index >= 15 is 0 Å². The summed E-state index contributed by atoms with van der Waals surface area (Å²) >= 11 is 0. The fourth-order valence-electron chi connectivity index (χ4n) is 2.91. The molecule has 0 aliphatic carbocycles. The van der Waals surface area contributed by atoms with Gasteiger partial charge in [-0.3, -0.25) is 9.88 Å². The number of pyridine rings is 2. The van der Waals surface area contributed by atoms with E-state index in [1.54, 1.807) is 6.07 Å². The number of carbonyl (C=O) groups is 1. The normalized spacial score (nSPS) is 15.0. The molecule has 0 unspecified atom stereocenters. The van der Waals surface area contributed by atoms with Gasteiger partial charge >= 0.3 is 5.97 Å². The van der Waals surface area contributed by atoms with E-state index in [0.717, 1.165) is 38.5 Å². The van der Waals surface area contributed by atoms with Crippen molar-refractivity contribution < 1.29 is 14.3 Å². The Bertz CT molecular complexity index is 716. The Morgan fingerprint density at radius 2 is 1.80 bits per heavy atom. The van der Waals surface area contributed by atoms with Crippen LogP contribution >= 0.6 is 0 Å². The number of rotatable bonds is 5. The van der Waals surface area contributed by atoms with Gasteiger partial charge in [-0.25, -0.2) is 4.79 Å². The van der Waals surface area contributed by atoms with Crippen molar-refractivity contribution in [1.29, 1.82) is 0 Å². The summed E-state index contributed by atoms with van der Waals surface area (Å²) in [6.45, 7) is 4.57. The Kier molecular flexibility index (Phi) is 5.45. The van der Waals surface area contributed by atoms with Crippen LogP contribution in [0.5, 0.6) is 5.88 Å². The van der Waals surface area contributed by atoms with Crippen molar-refractivity contribution in [1.82, 2.24) is 14.9 Å². The van der Waals surface area contributed by atoms with Gasteiger partial charge in [0.2, 0.25) is 5.88 Å². The summed E-state index contributed by atoms with van der Waals surface area (Å²) in [6, 6.07) is 7.64. The van der Waals surface area contributed by atoms with Crippen LogP contribution in [0.4, 0.5) is 5.82 Å². The molecule has 1 aliphatic heterocycles. The zero-order valence-corrected chi connectivity index (χ0v) is 14.5. The highest BCUT2D eigenvalue weighted by Crippen LogP contribution is 2.23. The molecule has 25 heavy (non-hydrogen) atoms. The summed E-state index contributed by atoms with van der Waals surface area (Å²) in [7, 11) is 2.85. The molecule has 3 rings (SSSR count). The van der Waals surface area contributed by atoms with Gasteiger partial charge in [0.05, 0.1) is 14.2 Å². The van der Waals surface area contributed by atoms with Crippen LogP contribution in [0.1, 0.15) is 15.9 Å². The monoisotopic (exact) mass is 342 g/mol. The molecule has 0 aromatic carbocycles. The third-order valence-electron chi connectivity index (χ3n) is 4.30. The summed E-state index contributed by atoms with van der Waals surface area (Å²) in [5.74, 6) is 0.662. The largest absolute Gasteiger partial charge is 0.480 e. The van der Waals surface area contributed by atoms with Crippen LogP contribution in [-0.2, 0) is 11.3 Å². The predicted molar refractivity (Wildman–Crippen MR) is 93.9 cm³/mol. The number of methoxy groups -OCH3 is 2. The first-order valence-electron chi connectivity index (χ1n) is 8.21. The van der Waals surface area contributed by atoms with E-state index in [1.807, 2.05) is 30.6 Å². The van der Waals surface area contributed by atoms with Gasteiger partial charge in [-0.15, -0.1) is 0 Å². The van der Waals surface area contributed by atoms with Crippen LogP contribution in [0.25, 0.3) is 0 Å². The minimum atomic E-state index is -0.446. The Balaban J connectivity index is 1.63. The van der Waals surface area contributed by atoms with Crippen LogP contribution in [0.15, 0.2) is 36.7 Å². The van der Waals surface area contributed by atoms with Gasteiger partial charge in [0, 0.05) is 45.1 Å². The molecule has 0 saturated carbocycles. The van der Waals surface area contributed by atoms with Gasteiger partial charge in [-0.2, -0.15) is 4.98 Å². The summed E-state index contributed by atoms with van der Waals surface area (Å²) in [6.07, 6.45) is 3.65. The molecule has 3 heterocycles. The lowest BCUT2D eigenvalue weighted by molar-refractivity contribution is 0.0596. The first kappa shape index (κ1) is 17.2. The highest BCUT2D eigenvalue weighted by Gasteiger charge is 2.21. The average Bonchev–Trinajstić information content (AvgIpc) is 2.68. The van der Waals surface area contributed by atoms with Crippen LogP contribution in [-0.4, -0.2) is 61.2 Å². The molecule has 0 atom stereocenters. The number of carbonyl (C=O) groups excluding carboxylic acids is 1. The Labute approximate surface area is 147 Å². The van der Waals surface area contributed by atoms with Gasteiger partial charge in [0.25, 0.3) is 0 Å². The molecule has 0 amide bonds. The fourth-order valence-corrected chi connectivity index (χ4v) is 2.91. The van der Waals surface area contributed by atoms with Gasteiger partial charge in [0.1, 0.15) is 11.4 Å². The molecule has 1 aliphatic rings. The highest BCUT2D eigenvalue weighted by atomic mass is 16.5. The number of aromatic nitrogens is 2. The van der Waals surface area contributed by atoms with E-state index in [4.69, 9.17) is 9.47 Å². The van der Waals surface area contributed by atoms with E-state index in [9.17, 15) is 4.79 Å². The van der Waals surface area contributed by atoms with E-state index in [1.165, 1.54) is 19.8 Å². The molecular formula is C18H22N4O3. The van der Waals surface area contributed by atoms with Crippen LogP contribution in [0.2, 0.25) is 0 Å². The maximum atomic E-state index is 11.7. The van der Waals surface area contributed by atoms with E-state index < -0.39 is 5.97 Å². The Hall–Kier alpha value is -2.67. The lowest BCUT2D eigenvalue weighted by Crippen LogP contribution is -2.46. The number of anilines is 1. The van der Waals surface area contributed by atoms with Gasteiger partial charge < -0.3 is 14.4 Å². The number of hydrogen-bond acceptors (Lipinski definition) is 7. The molecular weight excluding hydrogens is 320 g/mol. The molecule has 0 spiro atoms. The van der Waals surface area contributed by atoms with Gasteiger partial charge in [-0.1, -0.05) is 0 Å². The fraction of sp³-hybridized carbons (Fsp3) is 0.389. The molecule has 7 heteroatoms. The first-order valence-corrected chi connectivity index (χ1v) is 8.21. The van der Waals surface area contributed by atoms with Crippen LogP contribution < -0.4 is 9.64 Å². The average molecular weight is 342 g/mol. The zero-order chi connectivity index (χ0) is 17.6. The molecule has 7 nitrogen and oxygen atoms in total. The van der Waals surface area contributed by atoms with Crippen molar-refractivity contribution in [2.45, 2.75) is 6.54 Å². The maximum absolute atomic E-state index is 11.7. The minimum absolute atomic E-state index is 0.295. The molecule has 1 fully saturated rings. The predicted octanol–water partition coefficient (Wildman–Crippen LogP) is 1.59. The molecule has 0 radical (unpaired) electrons. The maximum Gasteiger partial charge on any atom is 0.343 e. The number of hydrogen-bond donors (Lipinski definition) is 0. The summed E-state index contributed by atoms with van der Waals surface area (Å²) in [5, 5.41) is 0. The van der Waals surface area contributed by atoms with Crippen LogP contribution in [0, 0.1) is 0 Å². The third-order valence-corrected chi connectivity index (χ3v) is 4.30. The summed E-state index contributed by atoms with van der Waals surface area (Å²) in [4.78, 5) is 24.9. The topological polar surface area (TPSA) is 67.8 Å². The highest BCUT2D eigenvalue weighted by molar-refractivity contribution is 5.92. The van der Waals surface area contributed by atoms with Crippen molar-refractivity contribution in [3.8, 4) is 5.88 Å². The SMILES string of the molecule is COC(=O)c1ccc(N2CCN(Cc3ccncc3)CC2)nc1OC. The molecule has 0 bridgehead atoms. The van der Waals surface area contributed by atoms with E-state index in [0.29, 0.717) is 11.4 Å². The Morgan fingerprint density at radius 3 is 2.44 bits per heavy atom. The van der Waals surface area contributed by atoms with Gasteiger partial charge in [-0.05, 0) is 29.8 Å². The van der Waals surface area contributed by atoms with Gasteiger partial charge in [0.15, 0.2) is 0 Å². The van der Waals surface area contributed by atoms with Crippen molar-refractivity contribution in [3.63, 3.8) is 0 Å². The Morgan fingerprint density at radius 1 is 1.08 bits per heavy atom. The number of ether oxygens (including phenoxy) is 2. The smallest absolute Gasteiger partial charge is 0.343 e. The molecule has 2 aromatic heterocycles. The zero-order valence-electron chi connectivity index (χ0n) is 14.5. The second kappa shape index (κ2) is 7.94. The molecule has 1 saturated heterocycles. The quantitative estimate of drug-likeness (QED) is 0.765. The minimum Gasteiger partial charge on any atom is -0.480 e. The third kappa shape index (κ3) is 4.06. The number of piperazine rings is 1. The lowest BCUT2D eigenvalue weighted by atomic mass is 10.2. The van der Waals surface area contributed by atoms with Crippen molar-refractivity contribution >= 4 is 11.8 Å². The number of esters is 1. The number of nitrogens with zero attached hydrogens (tertiary/aromatic N) is 4. The van der Waals surface area contributed by atoms with Crippen molar-refractivity contribution in [2.75, 3.05) is 45.3 Å². The molecule has 0 N–H and O–H groups in total. The molecule has 2 aromatic rings. The molecule has 132 valence electrons. The van der Waals surface area contributed by atoms with Crippen molar-refractivity contribution in [2.24, 2.45) is 0 Å². The lowest BCUT2D eigenvalue weighted by Gasteiger charge is -2.35. The second-order valence-electron chi connectivity index (χ2n) is 5.84. The van der Waals surface area contributed by atoms with E-state index in [-0.39, 0.29) is 0 Å². The first-order chi connectivity index (χ1) is 12.2. The van der Waals surface area contributed by atoms with E-state index in [2.05, 4.69) is 19.8 Å². The van der Waals surface area contributed by atoms with Crippen molar-refractivity contribution in [3.05, 3.63) is 47.8 Å². The second-order valence-corrected chi connectivity index (χ2v) is 5.84. The van der Waals surface area contributed by atoms with Crippen LogP contribution in [0.3, 0.4) is 0 Å².